The average molecular weight is 199 g/mol. The Bertz CT molecular complexity index is 201. The van der Waals surface area contributed by atoms with E-state index in [2.05, 4.69) is 5.32 Å². The van der Waals surface area contributed by atoms with E-state index >= 15 is 0 Å². The lowest BCUT2D eigenvalue weighted by Gasteiger charge is -2.10. The molecule has 0 spiro atoms. The molecular formula is C9H17N3O2. The van der Waals surface area contributed by atoms with E-state index in [0.717, 1.165) is 12.8 Å². The zero-order valence-corrected chi connectivity index (χ0v) is 8.45. The van der Waals surface area contributed by atoms with Gasteiger partial charge in [-0.15, -0.1) is 0 Å². The van der Waals surface area contributed by atoms with Crippen molar-refractivity contribution in [3.63, 3.8) is 0 Å². The molecule has 0 bridgehead atoms. The third-order valence-electron chi connectivity index (χ3n) is 1.70. The quantitative estimate of drug-likeness (QED) is 0.554. The summed E-state index contributed by atoms with van der Waals surface area (Å²) in [6, 6.07) is 1.44. The van der Waals surface area contributed by atoms with E-state index in [-0.39, 0.29) is 12.5 Å². The summed E-state index contributed by atoms with van der Waals surface area (Å²) < 4.78 is 4.74. The number of methoxy groups -OCH3 is 1. The topological polar surface area (TPSA) is 88.1 Å². The Morgan fingerprint density at radius 3 is 2.93 bits per heavy atom. The van der Waals surface area contributed by atoms with Crippen molar-refractivity contribution in [1.29, 1.82) is 5.26 Å². The number of hydrogen-bond donors (Lipinski definition) is 2. The molecule has 14 heavy (non-hydrogen) atoms. The predicted octanol–water partition coefficient (Wildman–Crippen LogP) is -0.230. The highest BCUT2D eigenvalue weighted by Gasteiger charge is 2.11. The molecule has 0 aromatic carbocycles. The number of unbranched alkanes of at least 4 members (excludes halogenated alkanes) is 2. The lowest BCUT2D eigenvalue weighted by atomic mass is 10.2. The van der Waals surface area contributed by atoms with Crippen LogP contribution in [0.25, 0.3) is 0 Å². The lowest BCUT2D eigenvalue weighted by Crippen LogP contribution is -2.43. The zero-order chi connectivity index (χ0) is 10.8. The summed E-state index contributed by atoms with van der Waals surface area (Å²) in [5.41, 5.74) is 5.48. The highest BCUT2D eigenvalue weighted by atomic mass is 16.5. The van der Waals surface area contributed by atoms with E-state index in [1.807, 2.05) is 6.07 Å². The summed E-state index contributed by atoms with van der Waals surface area (Å²) in [6.07, 6.45) is 2.13. The summed E-state index contributed by atoms with van der Waals surface area (Å²) >= 11 is 0. The van der Waals surface area contributed by atoms with Crippen molar-refractivity contribution in [3.8, 4) is 6.07 Å². The van der Waals surface area contributed by atoms with Gasteiger partial charge in [0.25, 0.3) is 0 Å². The van der Waals surface area contributed by atoms with Crippen LogP contribution in [-0.4, -0.2) is 32.2 Å². The van der Waals surface area contributed by atoms with Crippen molar-refractivity contribution in [2.75, 3.05) is 20.3 Å². The van der Waals surface area contributed by atoms with E-state index in [4.69, 9.17) is 15.7 Å². The summed E-state index contributed by atoms with van der Waals surface area (Å²) in [4.78, 5) is 11.2. The predicted molar refractivity (Wildman–Crippen MR) is 52.3 cm³/mol. The van der Waals surface area contributed by atoms with Gasteiger partial charge >= 0.3 is 0 Å². The first-order chi connectivity index (χ1) is 6.72. The van der Waals surface area contributed by atoms with Crippen molar-refractivity contribution in [2.24, 2.45) is 5.73 Å². The van der Waals surface area contributed by atoms with E-state index in [0.29, 0.717) is 13.0 Å². The Kier molecular flexibility index (Phi) is 7.80. The molecule has 0 radical (unpaired) electrons. The van der Waals surface area contributed by atoms with Crippen molar-refractivity contribution >= 4 is 5.91 Å². The molecule has 0 aliphatic rings. The van der Waals surface area contributed by atoms with Gasteiger partial charge in [0.1, 0.15) is 6.04 Å². The summed E-state index contributed by atoms with van der Waals surface area (Å²) in [7, 11) is 1.50. The number of rotatable bonds is 7. The van der Waals surface area contributed by atoms with Gasteiger partial charge in [-0.05, 0) is 12.8 Å². The third-order valence-corrected chi connectivity index (χ3v) is 1.70. The van der Waals surface area contributed by atoms with Crippen LogP contribution >= 0.6 is 0 Å². The number of nitrogens with zero attached hydrogens (tertiary/aromatic N) is 1. The zero-order valence-electron chi connectivity index (χ0n) is 8.45. The summed E-state index contributed by atoms with van der Waals surface area (Å²) in [6.45, 7) is 0.794. The molecule has 80 valence electrons. The monoisotopic (exact) mass is 199 g/mol. The largest absolute Gasteiger partial charge is 0.383 e. The summed E-state index contributed by atoms with van der Waals surface area (Å²) in [5, 5.41) is 10.9. The van der Waals surface area contributed by atoms with E-state index in [9.17, 15) is 4.79 Å². The fourth-order valence-corrected chi connectivity index (χ4v) is 0.927. The van der Waals surface area contributed by atoms with Crippen LogP contribution in [0, 0.1) is 11.3 Å². The Hall–Kier alpha value is -1.12. The molecule has 0 aromatic rings. The number of amides is 1. The van der Waals surface area contributed by atoms with Crippen LogP contribution in [0.15, 0.2) is 0 Å². The van der Waals surface area contributed by atoms with Gasteiger partial charge in [-0.25, -0.2) is 0 Å². The maximum absolute atomic E-state index is 11.2. The molecule has 0 heterocycles. The fourth-order valence-electron chi connectivity index (χ4n) is 0.927. The number of nitrogens with one attached hydrogen (secondary N) is 1. The highest BCUT2D eigenvalue weighted by Crippen LogP contribution is 1.91. The third kappa shape index (κ3) is 6.40. The van der Waals surface area contributed by atoms with Gasteiger partial charge in [0.15, 0.2) is 0 Å². The molecule has 0 saturated carbocycles. The maximum Gasteiger partial charge on any atom is 0.239 e. The normalized spacial score (nSPS) is 11.8. The Labute approximate surface area is 84.2 Å². The van der Waals surface area contributed by atoms with Gasteiger partial charge in [0.05, 0.1) is 12.7 Å². The molecule has 0 aliphatic heterocycles. The van der Waals surface area contributed by atoms with E-state index in [1.54, 1.807) is 0 Å². The van der Waals surface area contributed by atoms with Crippen LogP contribution in [0.3, 0.4) is 0 Å². The van der Waals surface area contributed by atoms with Gasteiger partial charge in [-0.3, -0.25) is 4.79 Å². The van der Waals surface area contributed by atoms with Crippen LogP contribution in [-0.2, 0) is 9.53 Å². The molecule has 0 aliphatic carbocycles. The fraction of sp³-hybridized carbons (Fsp3) is 0.778. The van der Waals surface area contributed by atoms with E-state index < -0.39 is 6.04 Å². The highest BCUT2D eigenvalue weighted by molar-refractivity contribution is 5.81. The van der Waals surface area contributed by atoms with E-state index in [1.165, 1.54) is 7.11 Å². The Morgan fingerprint density at radius 2 is 2.36 bits per heavy atom. The molecule has 0 rings (SSSR count). The number of ether oxygens (including phenoxy) is 1. The van der Waals surface area contributed by atoms with Crippen LogP contribution < -0.4 is 11.1 Å². The molecule has 5 heteroatoms. The molecule has 1 amide bonds. The van der Waals surface area contributed by atoms with Crippen LogP contribution in [0.2, 0.25) is 0 Å². The molecule has 5 nitrogen and oxygen atoms in total. The van der Waals surface area contributed by atoms with Gasteiger partial charge in [0, 0.05) is 20.1 Å². The van der Waals surface area contributed by atoms with Gasteiger partial charge in [0.2, 0.25) is 5.91 Å². The Balaban J connectivity index is 3.40. The van der Waals surface area contributed by atoms with Gasteiger partial charge < -0.3 is 15.8 Å². The van der Waals surface area contributed by atoms with Gasteiger partial charge in [-0.2, -0.15) is 5.26 Å². The lowest BCUT2D eigenvalue weighted by molar-refractivity contribution is -0.123. The summed E-state index contributed by atoms with van der Waals surface area (Å²) in [5.74, 6) is -0.205. The molecular weight excluding hydrogens is 182 g/mol. The number of hydrogen-bond acceptors (Lipinski definition) is 4. The minimum absolute atomic E-state index is 0.205. The van der Waals surface area contributed by atoms with Gasteiger partial charge in [-0.1, -0.05) is 0 Å². The van der Waals surface area contributed by atoms with Crippen molar-refractivity contribution < 1.29 is 9.53 Å². The Morgan fingerprint density at radius 1 is 1.64 bits per heavy atom. The molecule has 1 atom stereocenters. The molecule has 1 unspecified atom stereocenters. The minimum atomic E-state index is -0.601. The second kappa shape index (κ2) is 8.48. The molecule has 0 aromatic heterocycles. The smallest absolute Gasteiger partial charge is 0.239 e. The molecule has 3 N–H and O–H groups in total. The van der Waals surface area contributed by atoms with Crippen molar-refractivity contribution in [3.05, 3.63) is 0 Å². The first-order valence-electron chi connectivity index (χ1n) is 4.61. The average Bonchev–Trinajstić information content (AvgIpc) is 2.17. The SMILES string of the molecule is COCC(N)C(=O)NCCCCC#N. The van der Waals surface area contributed by atoms with Crippen LogP contribution in [0.5, 0.6) is 0 Å². The minimum Gasteiger partial charge on any atom is -0.383 e. The number of nitriles is 1. The standard InChI is InChI=1S/C9H17N3O2/c1-14-7-8(11)9(13)12-6-4-2-3-5-10/h8H,2-4,6-7,11H2,1H3,(H,12,13). The van der Waals surface area contributed by atoms with Crippen LogP contribution in [0.4, 0.5) is 0 Å². The second-order valence-electron chi connectivity index (χ2n) is 2.97. The first kappa shape index (κ1) is 12.9. The molecule has 0 saturated heterocycles. The maximum atomic E-state index is 11.2. The first-order valence-corrected chi connectivity index (χ1v) is 4.61. The molecule has 0 fully saturated rings. The number of carbonyl (C=O) groups excluding carboxylic acids is 1. The number of nitrogens with two attached hydrogens (primary N) is 1. The number of carbonyl (C=O) groups is 1. The van der Waals surface area contributed by atoms with Crippen molar-refractivity contribution in [1.82, 2.24) is 5.32 Å². The van der Waals surface area contributed by atoms with Crippen molar-refractivity contribution in [2.45, 2.75) is 25.3 Å². The van der Waals surface area contributed by atoms with Crippen LogP contribution in [0.1, 0.15) is 19.3 Å². The second-order valence-corrected chi connectivity index (χ2v) is 2.97.